The molecule has 0 radical (unpaired) electrons. The van der Waals surface area contributed by atoms with Crippen LogP contribution in [0.25, 0.3) is 5.70 Å². The van der Waals surface area contributed by atoms with E-state index in [1.165, 1.54) is 12.5 Å². The molecule has 1 unspecified atom stereocenters. The van der Waals surface area contributed by atoms with Crippen molar-refractivity contribution in [2.75, 3.05) is 6.61 Å². The molecule has 1 atom stereocenters. The summed E-state index contributed by atoms with van der Waals surface area (Å²) in [6, 6.07) is 6.34. The van der Waals surface area contributed by atoms with Crippen LogP contribution < -0.4 is 10.6 Å². The van der Waals surface area contributed by atoms with Crippen LogP contribution in [0.15, 0.2) is 46.8 Å². The predicted octanol–water partition coefficient (Wildman–Crippen LogP) is 4.08. The number of nitrogens with one attached hydrogen (secondary N) is 2. The zero-order valence-corrected chi connectivity index (χ0v) is 15.5. The molecule has 2 heterocycles. The van der Waals surface area contributed by atoms with E-state index in [1.807, 2.05) is 0 Å². The molecule has 3 rings (SSSR count). The summed E-state index contributed by atoms with van der Waals surface area (Å²) in [5.74, 6) is -0.484. The van der Waals surface area contributed by atoms with Crippen molar-refractivity contribution >= 4 is 52.2 Å². The molecule has 0 bridgehead atoms. The second-order valence-corrected chi connectivity index (χ2v) is 6.39. The van der Waals surface area contributed by atoms with Crippen molar-refractivity contribution in [3.05, 3.63) is 63.5 Å². The number of ether oxygens (including phenoxy) is 1. The molecule has 130 valence electrons. The smallest absolute Gasteiger partial charge is 0.338 e. The predicted molar refractivity (Wildman–Crippen MR) is 100 cm³/mol. The maximum atomic E-state index is 12.7. The number of hydrogen-bond donors (Lipinski definition) is 2. The van der Waals surface area contributed by atoms with Gasteiger partial charge >= 0.3 is 5.97 Å². The Hall–Kier alpha value is -2.02. The van der Waals surface area contributed by atoms with E-state index in [0.717, 1.165) is 0 Å². The molecule has 1 aromatic carbocycles. The van der Waals surface area contributed by atoms with Crippen LogP contribution in [0, 0.1) is 0 Å². The number of rotatable bonds is 4. The summed E-state index contributed by atoms with van der Waals surface area (Å²) in [5, 5.41) is 7.16. The minimum Gasteiger partial charge on any atom is -0.472 e. The van der Waals surface area contributed by atoms with Crippen LogP contribution in [-0.2, 0) is 9.53 Å². The number of carbonyl (C=O) groups is 1. The van der Waals surface area contributed by atoms with Crippen LogP contribution in [0.2, 0.25) is 10.0 Å². The number of benzene rings is 1. The highest BCUT2D eigenvalue weighted by Crippen LogP contribution is 2.37. The first-order valence-corrected chi connectivity index (χ1v) is 8.64. The molecule has 0 aliphatic carbocycles. The maximum Gasteiger partial charge on any atom is 0.338 e. The molecule has 0 spiro atoms. The van der Waals surface area contributed by atoms with E-state index in [4.69, 9.17) is 44.6 Å². The van der Waals surface area contributed by atoms with Gasteiger partial charge in [-0.25, -0.2) is 4.79 Å². The molecular formula is C17H14Cl2N2O3S. The van der Waals surface area contributed by atoms with Crippen molar-refractivity contribution in [1.82, 2.24) is 10.6 Å². The van der Waals surface area contributed by atoms with Gasteiger partial charge in [0, 0.05) is 5.56 Å². The van der Waals surface area contributed by atoms with Gasteiger partial charge in [-0.05, 0) is 36.8 Å². The largest absolute Gasteiger partial charge is 0.472 e. The Morgan fingerprint density at radius 3 is 2.84 bits per heavy atom. The van der Waals surface area contributed by atoms with Crippen LogP contribution in [0.3, 0.4) is 0 Å². The van der Waals surface area contributed by atoms with E-state index in [2.05, 4.69) is 10.6 Å². The van der Waals surface area contributed by atoms with Gasteiger partial charge in [0.05, 0.1) is 46.5 Å². The summed E-state index contributed by atoms with van der Waals surface area (Å²) in [6.45, 7) is 1.98. The summed E-state index contributed by atoms with van der Waals surface area (Å²) in [6.07, 6.45) is 3.03. The van der Waals surface area contributed by atoms with Crippen molar-refractivity contribution in [2.45, 2.75) is 13.0 Å². The Bertz CT molecular complexity index is 850. The second kappa shape index (κ2) is 7.47. The van der Waals surface area contributed by atoms with E-state index in [0.29, 0.717) is 37.6 Å². The van der Waals surface area contributed by atoms with Crippen LogP contribution in [0.5, 0.6) is 0 Å². The SMILES string of the molecule is CCOC(=O)C1=C(c2ccoc2)NC(=S)NC1c1cccc(Cl)c1Cl. The minimum atomic E-state index is -0.608. The van der Waals surface area contributed by atoms with Gasteiger partial charge in [-0.3, -0.25) is 0 Å². The van der Waals surface area contributed by atoms with Crippen molar-refractivity contribution < 1.29 is 13.9 Å². The Balaban J connectivity index is 2.21. The number of hydrogen-bond acceptors (Lipinski definition) is 4. The van der Waals surface area contributed by atoms with Crippen molar-refractivity contribution in [1.29, 1.82) is 0 Å². The monoisotopic (exact) mass is 396 g/mol. The molecule has 8 heteroatoms. The van der Waals surface area contributed by atoms with Crippen LogP contribution in [0.4, 0.5) is 0 Å². The lowest BCUT2D eigenvalue weighted by atomic mass is 9.93. The lowest BCUT2D eigenvalue weighted by Crippen LogP contribution is -2.45. The molecule has 2 N–H and O–H groups in total. The topological polar surface area (TPSA) is 63.5 Å². The first-order chi connectivity index (χ1) is 12.0. The van der Waals surface area contributed by atoms with Crippen LogP contribution in [-0.4, -0.2) is 17.7 Å². The fraction of sp³-hybridized carbons (Fsp3) is 0.176. The van der Waals surface area contributed by atoms with Gasteiger partial charge in [-0.2, -0.15) is 0 Å². The standard InChI is InChI=1S/C17H14Cl2N2O3S/c1-2-24-16(22)12-14(9-6-7-23-8-9)20-17(25)21-15(12)10-4-3-5-11(18)13(10)19/h3-8,15H,2H2,1H3,(H2,20,21,25). The highest BCUT2D eigenvalue weighted by molar-refractivity contribution is 7.80. The van der Waals surface area contributed by atoms with Crippen molar-refractivity contribution in [2.24, 2.45) is 0 Å². The third-order valence-corrected chi connectivity index (χ3v) is 4.72. The first kappa shape index (κ1) is 17.8. The van der Waals surface area contributed by atoms with Gasteiger partial charge in [0.15, 0.2) is 5.11 Å². The molecule has 0 fully saturated rings. The highest BCUT2D eigenvalue weighted by atomic mass is 35.5. The fourth-order valence-corrected chi connectivity index (χ4v) is 3.24. The molecule has 2 aromatic rings. The lowest BCUT2D eigenvalue weighted by molar-refractivity contribution is -0.138. The number of halogens is 2. The normalized spacial score (nSPS) is 17.1. The molecule has 1 aliphatic heterocycles. The first-order valence-electron chi connectivity index (χ1n) is 7.48. The summed E-state index contributed by atoms with van der Waals surface area (Å²) in [7, 11) is 0. The zero-order chi connectivity index (χ0) is 18.0. The molecule has 0 amide bonds. The highest BCUT2D eigenvalue weighted by Gasteiger charge is 2.34. The number of carbonyl (C=O) groups excluding carboxylic acids is 1. The van der Waals surface area contributed by atoms with E-state index in [-0.39, 0.29) is 6.61 Å². The van der Waals surface area contributed by atoms with E-state index >= 15 is 0 Å². The second-order valence-electron chi connectivity index (χ2n) is 5.20. The van der Waals surface area contributed by atoms with Gasteiger partial charge in [0.2, 0.25) is 0 Å². The zero-order valence-electron chi connectivity index (χ0n) is 13.1. The molecule has 25 heavy (non-hydrogen) atoms. The van der Waals surface area contributed by atoms with Crippen molar-refractivity contribution in [3.8, 4) is 0 Å². The fourth-order valence-electron chi connectivity index (χ4n) is 2.60. The lowest BCUT2D eigenvalue weighted by Gasteiger charge is -2.31. The average Bonchev–Trinajstić information content (AvgIpc) is 3.11. The summed E-state index contributed by atoms with van der Waals surface area (Å²) in [5.41, 5.74) is 2.16. The molecule has 0 saturated heterocycles. The van der Waals surface area contributed by atoms with E-state index < -0.39 is 12.0 Å². The minimum absolute atomic E-state index is 0.238. The quantitative estimate of drug-likeness (QED) is 0.599. The number of esters is 1. The Kier molecular flexibility index (Phi) is 5.32. The van der Waals surface area contributed by atoms with Gasteiger partial charge in [0.1, 0.15) is 0 Å². The molecule has 1 aliphatic rings. The van der Waals surface area contributed by atoms with Gasteiger partial charge in [-0.1, -0.05) is 35.3 Å². The number of furan rings is 1. The molecule has 1 aromatic heterocycles. The average molecular weight is 397 g/mol. The number of thiocarbonyl (C=S) groups is 1. The Morgan fingerprint density at radius 1 is 1.36 bits per heavy atom. The van der Waals surface area contributed by atoms with Gasteiger partial charge in [0.25, 0.3) is 0 Å². The third kappa shape index (κ3) is 3.51. The van der Waals surface area contributed by atoms with Crippen molar-refractivity contribution in [3.63, 3.8) is 0 Å². The summed E-state index contributed by atoms with van der Waals surface area (Å²) < 4.78 is 10.4. The Labute approximate surface area is 159 Å². The molecule has 5 nitrogen and oxygen atoms in total. The van der Waals surface area contributed by atoms with Crippen LogP contribution in [0.1, 0.15) is 24.1 Å². The van der Waals surface area contributed by atoms with E-state index in [9.17, 15) is 4.79 Å². The molecule has 0 saturated carbocycles. The third-order valence-electron chi connectivity index (χ3n) is 3.67. The van der Waals surface area contributed by atoms with Crippen LogP contribution >= 0.6 is 35.4 Å². The maximum absolute atomic E-state index is 12.7. The van der Waals surface area contributed by atoms with E-state index in [1.54, 1.807) is 31.2 Å². The summed E-state index contributed by atoms with van der Waals surface area (Å²) >= 11 is 17.8. The molecular weight excluding hydrogens is 383 g/mol. The summed E-state index contributed by atoms with van der Waals surface area (Å²) in [4.78, 5) is 12.7. The Morgan fingerprint density at radius 2 is 2.16 bits per heavy atom. The van der Waals surface area contributed by atoms with Gasteiger partial charge < -0.3 is 19.8 Å². The van der Waals surface area contributed by atoms with Gasteiger partial charge in [-0.15, -0.1) is 0 Å².